The number of aryl methyl sites for hydroxylation is 1. The number of hydrogen-bond acceptors (Lipinski definition) is 5. The third-order valence-corrected chi connectivity index (χ3v) is 5.95. The number of aromatic nitrogens is 2. The minimum absolute atomic E-state index is 0.182. The molecule has 1 aliphatic heterocycles. The molecule has 4 N–H and O–H groups in total. The van der Waals surface area contributed by atoms with Gasteiger partial charge in [-0.25, -0.2) is 9.37 Å². The van der Waals surface area contributed by atoms with Gasteiger partial charge in [0.2, 0.25) is 0 Å². The fourth-order valence-corrected chi connectivity index (χ4v) is 4.25. The van der Waals surface area contributed by atoms with E-state index in [0.29, 0.717) is 54.1 Å². The van der Waals surface area contributed by atoms with Crippen molar-refractivity contribution >= 4 is 28.7 Å². The molecule has 10 heteroatoms. The van der Waals surface area contributed by atoms with Gasteiger partial charge in [0.1, 0.15) is 29.6 Å². The Morgan fingerprint density at radius 2 is 2.12 bits per heavy atom. The van der Waals surface area contributed by atoms with Crippen LogP contribution in [0, 0.1) is 5.41 Å². The van der Waals surface area contributed by atoms with Crippen molar-refractivity contribution in [2.45, 2.75) is 25.4 Å². The molecule has 0 saturated carbocycles. The molecule has 2 heterocycles. The van der Waals surface area contributed by atoms with Gasteiger partial charge < -0.3 is 25.3 Å². The largest absolute Gasteiger partial charge is 0.494 e. The van der Waals surface area contributed by atoms with Crippen LogP contribution in [0.2, 0.25) is 0 Å². The normalized spacial score (nSPS) is 13.3. The minimum atomic E-state index is -0.855. The average Bonchev–Trinajstić information content (AvgIpc) is 3.40. The molecule has 1 unspecified atom stereocenters. The molecule has 0 saturated heterocycles. The molecule has 3 aromatic rings. The average molecular weight is 467 g/mol. The number of nitrogens with zero attached hydrogens (tertiary/aromatic N) is 2. The summed E-state index contributed by atoms with van der Waals surface area (Å²) in [6.45, 7) is -0.0765. The summed E-state index contributed by atoms with van der Waals surface area (Å²) >= 11 is 0. The number of methoxy groups -OCH3 is 1. The van der Waals surface area contributed by atoms with E-state index in [-0.39, 0.29) is 17.6 Å². The van der Waals surface area contributed by atoms with E-state index < -0.39 is 12.7 Å². The van der Waals surface area contributed by atoms with Crippen LogP contribution in [0.25, 0.3) is 11.0 Å². The van der Waals surface area contributed by atoms with Crippen LogP contribution in [0.5, 0.6) is 5.75 Å². The number of benzene rings is 2. The zero-order chi connectivity index (χ0) is 24.2. The van der Waals surface area contributed by atoms with Gasteiger partial charge in [-0.2, -0.15) is 0 Å². The summed E-state index contributed by atoms with van der Waals surface area (Å²) in [4.78, 5) is 30.4. The van der Waals surface area contributed by atoms with Gasteiger partial charge in [0.05, 0.1) is 29.8 Å². The Labute approximate surface area is 196 Å². The lowest BCUT2D eigenvalue weighted by atomic mass is 10.0. The summed E-state index contributed by atoms with van der Waals surface area (Å²) in [5.74, 6) is 0.436. The Kier molecular flexibility index (Phi) is 6.76. The molecule has 178 valence electrons. The summed E-state index contributed by atoms with van der Waals surface area (Å²) in [6.07, 6.45) is 1.04. The van der Waals surface area contributed by atoms with E-state index in [1.807, 2.05) is 35.9 Å². The van der Waals surface area contributed by atoms with Gasteiger partial charge in [-0.1, -0.05) is 18.2 Å². The summed E-state index contributed by atoms with van der Waals surface area (Å²) in [5, 5.41) is 15.9. The van der Waals surface area contributed by atoms with E-state index >= 15 is 0 Å². The summed E-state index contributed by atoms with van der Waals surface area (Å²) in [6, 6.07) is 10.4. The smallest absolute Gasteiger partial charge is 0.252 e. The number of carbonyl (C=O) groups is 2. The molecule has 1 aliphatic rings. The molecule has 0 fully saturated rings. The van der Waals surface area contributed by atoms with Crippen LogP contribution < -0.4 is 20.7 Å². The van der Waals surface area contributed by atoms with Crippen LogP contribution in [0.3, 0.4) is 0 Å². The monoisotopic (exact) mass is 466 g/mol. The third-order valence-electron chi connectivity index (χ3n) is 5.95. The summed E-state index contributed by atoms with van der Waals surface area (Å²) in [5.41, 5.74) is 3.02. The van der Waals surface area contributed by atoms with E-state index in [1.165, 1.54) is 0 Å². The van der Waals surface area contributed by atoms with Crippen molar-refractivity contribution < 1.29 is 18.7 Å². The fourth-order valence-electron chi connectivity index (χ4n) is 4.25. The second-order valence-corrected chi connectivity index (χ2v) is 8.09. The number of imidazole rings is 1. The first-order valence-electron chi connectivity index (χ1n) is 11.0. The topological polar surface area (TPSA) is 121 Å². The van der Waals surface area contributed by atoms with E-state index in [0.717, 1.165) is 11.1 Å². The maximum Gasteiger partial charge on any atom is 0.252 e. The lowest BCUT2D eigenvalue weighted by Gasteiger charge is -2.20. The maximum atomic E-state index is 13.3. The summed E-state index contributed by atoms with van der Waals surface area (Å²) < 4.78 is 19.9. The van der Waals surface area contributed by atoms with E-state index in [2.05, 4.69) is 16.0 Å². The number of ether oxygens (including phenoxy) is 1. The maximum absolute atomic E-state index is 13.3. The molecule has 1 atom stereocenters. The number of para-hydroxylation sites is 1. The molecule has 1 aromatic heterocycles. The molecule has 0 radical (unpaired) electrons. The Hall–Kier alpha value is -3.95. The third kappa shape index (κ3) is 4.43. The predicted molar refractivity (Wildman–Crippen MR) is 126 cm³/mol. The molecule has 0 aliphatic carbocycles. The Morgan fingerprint density at radius 3 is 2.88 bits per heavy atom. The van der Waals surface area contributed by atoms with Crippen molar-refractivity contribution in [1.29, 1.82) is 5.41 Å². The lowest BCUT2D eigenvalue weighted by molar-refractivity contribution is 0.0912. The second-order valence-electron chi connectivity index (χ2n) is 8.09. The lowest BCUT2D eigenvalue weighted by Crippen LogP contribution is -2.33. The van der Waals surface area contributed by atoms with Crippen molar-refractivity contribution in [3.8, 4) is 5.75 Å². The first-order chi connectivity index (χ1) is 16.4. The number of nitrogens with one attached hydrogen (secondary N) is 4. The van der Waals surface area contributed by atoms with E-state index in [4.69, 9.17) is 15.1 Å². The first kappa shape index (κ1) is 23.2. The van der Waals surface area contributed by atoms with Gasteiger partial charge >= 0.3 is 0 Å². The zero-order valence-corrected chi connectivity index (χ0v) is 19.1. The molecule has 2 amide bonds. The second kappa shape index (κ2) is 9.90. The van der Waals surface area contributed by atoms with Crippen LogP contribution in [0.1, 0.15) is 51.0 Å². The highest BCUT2D eigenvalue weighted by Gasteiger charge is 2.28. The van der Waals surface area contributed by atoms with Gasteiger partial charge in [0.15, 0.2) is 0 Å². The highest BCUT2D eigenvalue weighted by atomic mass is 19.1. The molecule has 34 heavy (non-hydrogen) atoms. The molecule has 0 spiro atoms. The van der Waals surface area contributed by atoms with Gasteiger partial charge in [-0.05, 0) is 36.6 Å². The van der Waals surface area contributed by atoms with Gasteiger partial charge in [0.25, 0.3) is 11.8 Å². The summed E-state index contributed by atoms with van der Waals surface area (Å²) in [7, 11) is 3.45. The van der Waals surface area contributed by atoms with E-state index in [9.17, 15) is 14.0 Å². The Morgan fingerprint density at radius 1 is 1.32 bits per heavy atom. The molecule has 0 bridgehead atoms. The van der Waals surface area contributed by atoms with Gasteiger partial charge in [0, 0.05) is 20.1 Å². The van der Waals surface area contributed by atoms with Crippen LogP contribution in [0.4, 0.5) is 4.39 Å². The highest BCUT2D eigenvalue weighted by molar-refractivity contribution is 6.09. The Balaban J connectivity index is 1.64. The molecule has 2 aromatic carbocycles. The van der Waals surface area contributed by atoms with Crippen LogP contribution in [-0.2, 0) is 13.6 Å². The molecule has 9 nitrogen and oxygen atoms in total. The number of amides is 2. The first-order valence-corrected chi connectivity index (χ1v) is 11.0. The van der Waals surface area contributed by atoms with E-state index in [1.54, 1.807) is 19.2 Å². The van der Waals surface area contributed by atoms with Crippen molar-refractivity contribution in [2.24, 2.45) is 7.05 Å². The van der Waals surface area contributed by atoms with Crippen molar-refractivity contribution in [1.82, 2.24) is 25.5 Å². The minimum Gasteiger partial charge on any atom is -0.494 e. The number of halogens is 1. The van der Waals surface area contributed by atoms with Crippen LogP contribution >= 0.6 is 0 Å². The van der Waals surface area contributed by atoms with Crippen LogP contribution in [0.15, 0.2) is 36.4 Å². The van der Waals surface area contributed by atoms with Crippen molar-refractivity contribution in [3.63, 3.8) is 0 Å². The highest BCUT2D eigenvalue weighted by Crippen LogP contribution is 2.29. The Bertz CT molecular complexity index is 1250. The number of rotatable bonds is 9. The van der Waals surface area contributed by atoms with Gasteiger partial charge in [-0.3, -0.25) is 15.0 Å². The number of alkyl halides is 1. The number of hydrogen-bond donors (Lipinski definition) is 4. The standard InChI is InChI=1S/C24H27FN6O3/c1-31-17-9-4-10-18(34-2)21(17)30-22(31)16(8-5-11-27-19(26)12-25)29-23(32)15-7-3-6-14-13-28-24(33)20(14)15/h3-4,6-7,9-10,16H,5,8,11-13H2,1-2H3,(H2,26,27)(H,28,33)(H,29,32). The number of fused-ring (bicyclic) bond motifs is 2. The zero-order valence-electron chi connectivity index (χ0n) is 19.1. The number of carbonyl (C=O) groups excluding carboxylic acids is 2. The predicted octanol–water partition coefficient (Wildman–Crippen LogP) is 2.61. The van der Waals surface area contributed by atoms with Crippen LogP contribution in [-0.4, -0.2) is 47.5 Å². The van der Waals surface area contributed by atoms with Gasteiger partial charge in [-0.15, -0.1) is 0 Å². The van der Waals surface area contributed by atoms with Crippen molar-refractivity contribution in [2.75, 3.05) is 20.3 Å². The number of amidine groups is 1. The van der Waals surface area contributed by atoms with Crippen molar-refractivity contribution in [3.05, 3.63) is 58.9 Å². The SMILES string of the molecule is COc1cccc2c1nc(C(CCCNC(=N)CF)NC(=O)c1cccc3c1C(=O)NC3)n2C. The quantitative estimate of drug-likeness (QED) is 0.219. The molecular formula is C24H27FN6O3. The molecule has 4 rings (SSSR count). The molecular weight excluding hydrogens is 439 g/mol. The fraction of sp³-hybridized carbons (Fsp3) is 0.333.